The molecule has 1 fully saturated rings. The van der Waals surface area contributed by atoms with Crippen LogP contribution in [0.3, 0.4) is 0 Å². The summed E-state index contributed by atoms with van der Waals surface area (Å²) >= 11 is 1.41. The number of thioether (sulfide) groups is 1. The van der Waals surface area contributed by atoms with Gasteiger partial charge in [0, 0.05) is 12.5 Å². The minimum atomic E-state index is -0.201. The predicted molar refractivity (Wildman–Crippen MR) is 96.1 cm³/mol. The van der Waals surface area contributed by atoms with E-state index in [1.54, 1.807) is 0 Å². The number of aromatic nitrogens is 3. The third-order valence-corrected chi connectivity index (χ3v) is 5.39. The first kappa shape index (κ1) is 17.0. The van der Waals surface area contributed by atoms with Crippen molar-refractivity contribution in [2.45, 2.75) is 55.4 Å². The number of rotatable bonds is 7. The number of nitrogens with zero attached hydrogens (tertiary/aromatic N) is 2. The number of H-pyrrole nitrogens is 1. The van der Waals surface area contributed by atoms with E-state index < -0.39 is 0 Å². The molecule has 1 amide bonds. The summed E-state index contributed by atoms with van der Waals surface area (Å²) < 4.78 is 0. The molecule has 128 valence electrons. The molecule has 1 aliphatic carbocycles. The monoisotopic (exact) mass is 344 g/mol. The quantitative estimate of drug-likeness (QED) is 0.756. The maximum absolute atomic E-state index is 12.2. The molecule has 2 aromatic rings. The molecule has 1 aromatic carbocycles. The van der Waals surface area contributed by atoms with E-state index in [2.05, 4.69) is 32.6 Å². The van der Waals surface area contributed by atoms with E-state index in [4.69, 9.17) is 0 Å². The van der Waals surface area contributed by atoms with Gasteiger partial charge >= 0.3 is 0 Å². The zero-order valence-corrected chi connectivity index (χ0v) is 14.8. The van der Waals surface area contributed by atoms with Gasteiger partial charge in [0.05, 0.1) is 5.25 Å². The Morgan fingerprint density at radius 2 is 2.08 bits per heavy atom. The lowest BCUT2D eigenvalue weighted by Crippen LogP contribution is -2.32. The molecule has 1 saturated carbocycles. The number of benzene rings is 1. The van der Waals surface area contributed by atoms with E-state index >= 15 is 0 Å². The number of aromatic amines is 1. The molecule has 5 nitrogen and oxygen atoms in total. The normalized spacial score (nSPS) is 16.2. The van der Waals surface area contributed by atoms with E-state index in [0.717, 1.165) is 12.2 Å². The molecule has 6 heteroatoms. The second-order valence-corrected chi connectivity index (χ2v) is 7.58. The van der Waals surface area contributed by atoms with Crippen molar-refractivity contribution in [3.8, 4) is 0 Å². The second kappa shape index (κ2) is 8.33. The van der Waals surface area contributed by atoms with Crippen LogP contribution in [0.2, 0.25) is 0 Å². The van der Waals surface area contributed by atoms with Crippen LogP contribution in [0, 0.1) is 0 Å². The van der Waals surface area contributed by atoms with E-state index in [1.807, 2.05) is 25.1 Å². The van der Waals surface area contributed by atoms with E-state index in [0.29, 0.717) is 17.6 Å². The molecule has 0 bridgehead atoms. The summed E-state index contributed by atoms with van der Waals surface area (Å²) in [5.41, 5.74) is 1.23. The number of carbonyl (C=O) groups is 1. The number of nitrogens with one attached hydrogen (secondary N) is 2. The van der Waals surface area contributed by atoms with Crippen molar-refractivity contribution in [2.75, 3.05) is 6.54 Å². The van der Waals surface area contributed by atoms with Crippen LogP contribution in [0.15, 0.2) is 35.5 Å². The Bertz CT molecular complexity index is 652. The molecule has 1 heterocycles. The number of hydrogen-bond acceptors (Lipinski definition) is 4. The van der Waals surface area contributed by atoms with Crippen molar-refractivity contribution in [3.05, 3.63) is 41.7 Å². The fourth-order valence-electron chi connectivity index (χ4n) is 3.02. The van der Waals surface area contributed by atoms with Crippen LogP contribution < -0.4 is 5.32 Å². The Morgan fingerprint density at radius 3 is 2.83 bits per heavy atom. The van der Waals surface area contributed by atoms with Crippen molar-refractivity contribution >= 4 is 17.7 Å². The first-order chi connectivity index (χ1) is 11.7. The van der Waals surface area contributed by atoms with Crippen LogP contribution in [-0.4, -0.2) is 32.9 Å². The lowest BCUT2D eigenvalue weighted by atomic mass is 10.1. The van der Waals surface area contributed by atoms with Gasteiger partial charge < -0.3 is 5.32 Å². The van der Waals surface area contributed by atoms with Crippen molar-refractivity contribution in [1.82, 2.24) is 20.5 Å². The molecule has 0 radical (unpaired) electrons. The molecular weight excluding hydrogens is 320 g/mol. The average molecular weight is 344 g/mol. The highest BCUT2D eigenvalue weighted by molar-refractivity contribution is 8.00. The Kier molecular flexibility index (Phi) is 5.91. The Morgan fingerprint density at radius 1 is 1.33 bits per heavy atom. The first-order valence-electron chi connectivity index (χ1n) is 8.63. The van der Waals surface area contributed by atoms with Gasteiger partial charge in [-0.1, -0.05) is 54.9 Å². The van der Waals surface area contributed by atoms with Gasteiger partial charge in [0.2, 0.25) is 11.1 Å². The van der Waals surface area contributed by atoms with Gasteiger partial charge in [0.25, 0.3) is 0 Å². The van der Waals surface area contributed by atoms with Crippen LogP contribution >= 0.6 is 11.8 Å². The lowest BCUT2D eigenvalue weighted by Gasteiger charge is -2.10. The summed E-state index contributed by atoms with van der Waals surface area (Å²) in [5, 5.41) is 10.8. The van der Waals surface area contributed by atoms with Gasteiger partial charge in [0.15, 0.2) is 0 Å². The topological polar surface area (TPSA) is 70.7 Å². The maximum atomic E-state index is 12.2. The Labute approximate surface area is 147 Å². The zero-order chi connectivity index (χ0) is 16.8. The van der Waals surface area contributed by atoms with Gasteiger partial charge in [-0.15, -0.1) is 5.10 Å². The zero-order valence-electron chi connectivity index (χ0n) is 14.0. The average Bonchev–Trinajstić information content (AvgIpc) is 3.27. The predicted octanol–water partition coefficient (Wildman–Crippen LogP) is 3.30. The second-order valence-electron chi connectivity index (χ2n) is 6.27. The molecule has 0 spiro atoms. The van der Waals surface area contributed by atoms with Gasteiger partial charge in [0.1, 0.15) is 5.82 Å². The summed E-state index contributed by atoms with van der Waals surface area (Å²) in [6, 6.07) is 10.2. The molecule has 2 N–H and O–H groups in total. The van der Waals surface area contributed by atoms with E-state index in [9.17, 15) is 4.79 Å². The lowest BCUT2D eigenvalue weighted by molar-refractivity contribution is -0.120. The van der Waals surface area contributed by atoms with Crippen molar-refractivity contribution < 1.29 is 4.79 Å². The summed E-state index contributed by atoms with van der Waals surface area (Å²) in [6.07, 6.45) is 5.77. The van der Waals surface area contributed by atoms with Gasteiger partial charge in [-0.25, -0.2) is 4.98 Å². The molecule has 3 rings (SSSR count). The van der Waals surface area contributed by atoms with Crippen LogP contribution in [-0.2, 0) is 11.2 Å². The molecule has 1 atom stereocenters. The molecule has 1 unspecified atom stereocenters. The minimum absolute atomic E-state index is 0.0307. The van der Waals surface area contributed by atoms with Crippen LogP contribution in [0.5, 0.6) is 0 Å². The van der Waals surface area contributed by atoms with Crippen LogP contribution in [0.25, 0.3) is 0 Å². The van der Waals surface area contributed by atoms with E-state index in [1.165, 1.54) is 43.0 Å². The standard InChI is InChI=1S/C18H24N4OS/c1-13(17(23)19-12-11-14-7-3-2-4-8-14)24-18-20-16(21-22-18)15-9-5-6-10-15/h2-4,7-8,13,15H,5-6,9-12H2,1H3,(H,19,23)(H,20,21,22). The molecule has 24 heavy (non-hydrogen) atoms. The Hall–Kier alpha value is -1.82. The summed E-state index contributed by atoms with van der Waals surface area (Å²) in [5.74, 6) is 1.52. The number of carbonyl (C=O) groups excluding carboxylic acids is 1. The van der Waals surface area contributed by atoms with Crippen molar-refractivity contribution in [2.24, 2.45) is 0 Å². The third kappa shape index (κ3) is 4.60. The fourth-order valence-corrected chi connectivity index (χ4v) is 3.78. The maximum Gasteiger partial charge on any atom is 0.233 e. The molecule has 0 saturated heterocycles. The van der Waals surface area contributed by atoms with Crippen LogP contribution in [0.1, 0.15) is 49.9 Å². The molecular formula is C18H24N4OS. The summed E-state index contributed by atoms with van der Waals surface area (Å²) in [6.45, 7) is 2.54. The third-order valence-electron chi connectivity index (χ3n) is 4.43. The smallest absolute Gasteiger partial charge is 0.233 e. The molecule has 0 aliphatic heterocycles. The van der Waals surface area contributed by atoms with Crippen molar-refractivity contribution in [1.29, 1.82) is 0 Å². The summed E-state index contributed by atoms with van der Waals surface area (Å²) in [7, 11) is 0. The molecule has 1 aliphatic rings. The van der Waals surface area contributed by atoms with E-state index in [-0.39, 0.29) is 11.2 Å². The van der Waals surface area contributed by atoms with Gasteiger partial charge in [-0.05, 0) is 31.7 Å². The minimum Gasteiger partial charge on any atom is -0.355 e. The highest BCUT2D eigenvalue weighted by Gasteiger charge is 2.22. The number of amides is 1. The molecule has 1 aromatic heterocycles. The highest BCUT2D eigenvalue weighted by atomic mass is 32.2. The Balaban J connectivity index is 1.44. The summed E-state index contributed by atoms with van der Waals surface area (Å²) in [4.78, 5) is 16.8. The SMILES string of the molecule is CC(Sc1n[nH]c(C2CCCC2)n1)C(=O)NCCc1ccccc1. The van der Waals surface area contributed by atoms with Gasteiger partial charge in [-0.3, -0.25) is 9.89 Å². The van der Waals surface area contributed by atoms with Crippen molar-refractivity contribution in [3.63, 3.8) is 0 Å². The fraction of sp³-hybridized carbons (Fsp3) is 0.500. The first-order valence-corrected chi connectivity index (χ1v) is 9.51. The van der Waals surface area contributed by atoms with Gasteiger partial charge in [-0.2, -0.15) is 0 Å². The van der Waals surface area contributed by atoms with Crippen LogP contribution in [0.4, 0.5) is 0 Å². The highest BCUT2D eigenvalue weighted by Crippen LogP contribution is 2.32. The number of hydrogen-bond donors (Lipinski definition) is 2. The largest absolute Gasteiger partial charge is 0.355 e.